The quantitative estimate of drug-likeness (QED) is 0.568. The zero-order valence-corrected chi connectivity index (χ0v) is 13.3. The second kappa shape index (κ2) is 7.28. The number of phenols is 1. The van der Waals surface area contributed by atoms with Crippen molar-refractivity contribution in [3.63, 3.8) is 0 Å². The summed E-state index contributed by atoms with van der Waals surface area (Å²) in [5.41, 5.74) is 1.65. The van der Waals surface area contributed by atoms with Gasteiger partial charge in [0.05, 0.1) is 0 Å². The van der Waals surface area contributed by atoms with Gasteiger partial charge in [0.15, 0.2) is 0 Å². The molecule has 0 saturated carbocycles. The molecule has 0 saturated heterocycles. The average Bonchev–Trinajstić information content (AvgIpc) is 2.65. The van der Waals surface area contributed by atoms with Crippen LogP contribution in [0, 0.1) is 11.3 Å². The molecule has 0 spiro atoms. The summed E-state index contributed by atoms with van der Waals surface area (Å²) in [7, 11) is 0. The number of pyridine rings is 1. The maximum Gasteiger partial charge on any atom is 0.262 e. The van der Waals surface area contributed by atoms with E-state index in [0.717, 1.165) is 21.9 Å². The average molecular weight is 329 g/mol. The van der Waals surface area contributed by atoms with Crippen LogP contribution in [0.4, 0.5) is 0 Å². The van der Waals surface area contributed by atoms with Gasteiger partial charge in [-0.25, -0.2) is 0 Å². The van der Waals surface area contributed by atoms with Gasteiger partial charge in [0.1, 0.15) is 17.4 Å². The molecule has 1 aromatic heterocycles. The van der Waals surface area contributed by atoms with Crippen LogP contribution in [0.5, 0.6) is 5.75 Å². The molecule has 3 rings (SSSR count). The van der Waals surface area contributed by atoms with Crippen molar-refractivity contribution < 1.29 is 9.90 Å². The molecule has 0 bridgehead atoms. The van der Waals surface area contributed by atoms with E-state index in [2.05, 4.69) is 10.3 Å². The van der Waals surface area contributed by atoms with Crippen LogP contribution in [-0.4, -0.2) is 16.0 Å². The molecule has 1 amide bonds. The van der Waals surface area contributed by atoms with Crippen LogP contribution in [0.3, 0.4) is 0 Å². The molecule has 0 atom stereocenters. The summed E-state index contributed by atoms with van der Waals surface area (Å²) in [5, 5.41) is 23.2. The number of carbonyl (C=O) groups is 1. The number of amides is 1. The van der Waals surface area contributed by atoms with E-state index in [1.165, 1.54) is 0 Å². The second-order valence-corrected chi connectivity index (χ2v) is 5.46. The monoisotopic (exact) mass is 329 g/mol. The number of aromatic nitrogens is 1. The summed E-state index contributed by atoms with van der Waals surface area (Å²) in [6, 6.07) is 16.0. The molecule has 25 heavy (non-hydrogen) atoms. The molecule has 0 aliphatic carbocycles. The van der Waals surface area contributed by atoms with Gasteiger partial charge in [-0.05, 0) is 40.8 Å². The standard InChI is InChI=1S/C20H15N3O2/c21-11-17(20(25)23-12-14-4-6-18(24)7-5-14)10-15-2-1-3-16-13-22-9-8-19(15)16/h1-10,13,24H,12H2,(H,23,25). The SMILES string of the molecule is N#CC(=Cc1cccc2cnccc12)C(=O)NCc1ccc(O)cc1. The lowest BCUT2D eigenvalue weighted by atomic mass is 10.0. The lowest BCUT2D eigenvalue weighted by Crippen LogP contribution is -2.23. The van der Waals surface area contributed by atoms with Crippen LogP contribution in [-0.2, 0) is 11.3 Å². The molecule has 2 N–H and O–H groups in total. The maximum absolute atomic E-state index is 12.3. The first-order valence-corrected chi connectivity index (χ1v) is 7.68. The maximum atomic E-state index is 12.3. The third-order valence-electron chi connectivity index (χ3n) is 3.77. The highest BCUT2D eigenvalue weighted by Crippen LogP contribution is 2.20. The van der Waals surface area contributed by atoms with Crippen LogP contribution < -0.4 is 5.32 Å². The smallest absolute Gasteiger partial charge is 0.262 e. The zero-order chi connectivity index (χ0) is 17.6. The lowest BCUT2D eigenvalue weighted by molar-refractivity contribution is -0.117. The predicted molar refractivity (Wildman–Crippen MR) is 95.3 cm³/mol. The van der Waals surface area contributed by atoms with E-state index in [-0.39, 0.29) is 17.9 Å². The van der Waals surface area contributed by atoms with Gasteiger partial charge in [-0.2, -0.15) is 5.26 Å². The number of nitriles is 1. The predicted octanol–water partition coefficient (Wildman–Crippen LogP) is 3.16. The van der Waals surface area contributed by atoms with E-state index in [1.54, 1.807) is 42.7 Å². The Morgan fingerprint density at radius 3 is 2.76 bits per heavy atom. The minimum Gasteiger partial charge on any atom is -0.508 e. The fourth-order valence-electron chi connectivity index (χ4n) is 2.47. The third kappa shape index (κ3) is 3.82. The molecule has 0 aliphatic heterocycles. The molecule has 0 fully saturated rings. The van der Waals surface area contributed by atoms with Crippen molar-refractivity contribution in [2.45, 2.75) is 6.54 Å². The number of aromatic hydroxyl groups is 1. The summed E-state index contributed by atoms with van der Waals surface area (Å²) in [4.78, 5) is 16.4. The molecule has 0 unspecified atom stereocenters. The Hall–Kier alpha value is -3.65. The highest BCUT2D eigenvalue weighted by Gasteiger charge is 2.10. The second-order valence-electron chi connectivity index (χ2n) is 5.46. The highest BCUT2D eigenvalue weighted by molar-refractivity contribution is 6.03. The normalized spacial score (nSPS) is 11.1. The lowest BCUT2D eigenvalue weighted by Gasteiger charge is -2.06. The fourth-order valence-corrected chi connectivity index (χ4v) is 2.47. The van der Waals surface area contributed by atoms with Gasteiger partial charge >= 0.3 is 0 Å². The van der Waals surface area contributed by atoms with E-state index in [1.807, 2.05) is 30.3 Å². The Labute approximate surface area is 144 Å². The Morgan fingerprint density at radius 2 is 2.00 bits per heavy atom. The van der Waals surface area contributed by atoms with Crippen LogP contribution in [0.2, 0.25) is 0 Å². The van der Waals surface area contributed by atoms with Crippen molar-refractivity contribution in [1.29, 1.82) is 5.26 Å². The van der Waals surface area contributed by atoms with Crippen LogP contribution in [0.25, 0.3) is 16.8 Å². The Morgan fingerprint density at radius 1 is 1.20 bits per heavy atom. The van der Waals surface area contributed by atoms with Crippen molar-refractivity contribution in [3.05, 3.63) is 77.6 Å². The van der Waals surface area contributed by atoms with Gasteiger partial charge in [-0.1, -0.05) is 30.3 Å². The molecule has 3 aromatic rings. The molecular formula is C20H15N3O2. The van der Waals surface area contributed by atoms with Gasteiger partial charge < -0.3 is 10.4 Å². The van der Waals surface area contributed by atoms with E-state index in [4.69, 9.17) is 0 Å². The van der Waals surface area contributed by atoms with Crippen molar-refractivity contribution in [2.75, 3.05) is 0 Å². The Bertz CT molecular complexity index is 980. The number of hydrogen-bond donors (Lipinski definition) is 2. The number of nitrogens with zero attached hydrogens (tertiary/aromatic N) is 2. The first kappa shape index (κ1) is 16.2. The van der Waals surface area contributed by atoms with Gasteiger partial charge in [0.2, 0.25) is 0 Å². The topological polar surface area (TPSA) is 86.0 Å². The number of nitrogens with one attached hydrogen (secondary N) is 1. The van der Waals surface area contributed by atoms with Gasteiger partial charge in [0.25, 0.3) is 5.91 Å². The van der Waals surface area contributed by atoms with Crippen LogP contribution in [0.1, 0.15) is 11.1 Å². The van der Waals surface area contributed by atoms with Crippen LogP contribution in [0.15, 0.2) is 66.5 Å². The van der Waals surface area contributed by atoms with Crippen molar-refractivity contribution in [1.82, 2.24) is 10.3 Å². The van der Waals surface area contributed by atoms with Crippen molar-refractivity contribution in [2.24, 2.45) is 0 Å². The summed E-state index contributed by atoms with van der Waals surface area (Å²) >= 11 is 0. The minimum absolute atomic E-state index is 0.0306. The molecule has 0 aliphatic rings. The molecular weight excluding hydrogens is 314 g/mol. The van der Waals surface area contributed by atoms with Gasteiger partial charge in [-0.15, -0.1) is 0 Å². The van der Waals surface area contributed by atoms with E-state index >= 15 is 0 Å². The number of carbonyl (C=O) groups excluding carboxylic acids is 1. The van der Waals surface area contributed by atoms with Crippen molar-refractivity contribution in [3.8, 4) is 11.8 Å². The summed E-state index contributed by atoms with van der Waals surface area (Å²) in [6.07, 6.45) is 4.99. The number of fused-ring (bicyclic) bond motifs is 1. The van der Waals surface area contributed by atoms with Gasteiger partial charge in [-0.3, -0.25) is 9.78 Å². The first-order chi connectivity index (χ1) is 12.2. The van der Waals surface area contributed by atoms with Gasteiger partial charge in [0, 0.05) is 24.3 Å². The number of rotatable bonds is 4. The largest absolute Gasteiger partial charge is 0.508 e. The third-order valence-corrected chi connectivity index (χ3v) is 3.77. The summed E-state index contributed by atoms with van der Waals surface area (Å²) in [5.74, 6) is -0.278. The number of phenolic OH excluding ortho intramolecular Hbond substituents is 1. The molecule has 1 heterocycles. The van der Waals surface area contributed by atoms with E-state index in [0.29, 0.717) is 0 Å². The Kier molecular flexibility index (Phi) is 4.72. The summed E-state index contributed by atoms with van der Waals surface area (Å²) < 4.78 is 0. The number of benzene rings is 2. The van der Waals surface area contributed by atoms with Crippen molar-refractivity contribution >= 4 is 22.8 Å². The molecule has 5 nitrogen and oxygen atoms in total. The zero-order valence-electron chi connectivity index (χ0n) is 13.3. The fraction of sp³-hybridized carbons (Fsp3) is 0.0500. The van der Waals surface area contributed by atoms with Crippen LogP contribution >= 0.6 is 0 Å². The highest BCUT2D eigenvalue weighted by atomic mass is 16.3. The first-order valence-electron chi connectivity index (χ1n) is 7.68. The minimum atomic E-state index is -0.443. The molecule has 2 aromatic carbocycles. The molecule has 0 radical (unpaired) electrons. The molecule has 5 heteroatoms. The molecule has 122 valence electrons. The Balaban J connectivity index is 1.81. The van der Waals surface area contributed by atoms with E-state index in [9.17, 15) is 15.2 Å². The van der Waals surface area contributed by atoms with E-state index < -0.39 is 5.91 Å². The number of hydrogen-bond acceptors (Lipinski definition) is 4. The summed E-state index contributed by atoms with van der Waals surface area (Å²) in [6.45, 7) is 0.275.